The van der Waals surface area contributed by atoms with Gasteiger partial charge in [-0.2, -0.15) is 0 Å². The minimum Gasteiger partial charge on any atom is -0.344 e. The van der Waals surface area contributed by atoms with Gasteiger partial charge in [0.2, 0.25) is 5.85 Å². The molecule has 0 rings (SSSR count). The van der Waals surface area contributed by atoms with Crippen molar-refractivity contribution in [2.24, 2.45) is 0 Å². The first kappa shape index (κ1) is 8.82. The maximum atomic E-state index is 12.7. The van der Waals surface area contributed by atoms with Gasteiger partial charge in [0.15, 0.2) is 0 Å². The Morgan fingerprint density at radius 2 is 2.00 bits per heavy atom. The average molecular weight is 138 g/mol. The van der Waals surface area contributed by atoms with Crippen LogP contribution in [-0.4, -0.2) is 19.1 Å². The van der Waals surface area contributed by atoms with Crippen LogP contribution in [0.5, 0.6) is 0 Å². The van der Waals surface area contributed by atoms with Gasteiger partial charge in [-0.1, -0.05) is 6.92 Å². The van der Waals surface area contributed by atoms with Crippen LogP contribution in [-0.2, 0) is 4.74 Å². The second kappa shape index (κ2) is 3.77. The van der Waals surface area contributed by atoms with Crippen LogP contribution in [0.3, 0.4) is 0 Å². The van der Waals surface area contributed by atoms with Crippen LogP contribution in [0, 0.1) is 0 Å². The summed E-state index contributed by atoms with van der Waals surface area (Å²) in [4.78, 5) is 0. The molecule has 0 bridgehead atoms. The van der Waals surface area contributed by atoms with E-state index in [1.807, 2.05) is 0 Å². The number of hydrogen-bond donors (Lipinski definition) is 0. The highest BCUT2D eigenvalue weighted by Gasteiger charge is 2.27. The van der Waals surface area contributed by atoms with Gasteiger partial charge in [-0.3, -0.25) is 0 Å². The summed E-state index contributed by atoms with van der Waals surface area (Å²) >= 11 is 0. The van der Waals surface area contributed by atoms with E-state index < -0.39 is 12.5 Å². The molecular weight excluding hydrogens is 126 g/mol. The largest absolute Gasteiger partial charge is 0.344 e. The lowest BCUT2D eigenvalue weighted by molar-refractivity contribution is -0.154. The lowest BCUT2D eigenvalue weighted by Gasteiger charge is -2.18. The van der Waals surface area contributed by atoms with Crippen molar-refractivity contribution in [2.45, 2.75) is 26.1 Å². The molecule has 1 atom stereocenters. The fourth-order valence-electron chi connectivity index (χ4n) is 0.494. The fraction of sp³-hybridized carbons (Fsp3) is 1.00. The molecule has 0 aliphatic heterocycles. The highest BCUT2D eigenvalue weighted by molar-refractivity contribution is 4.62. The zero-order valence-electron chi connectivity index (χ0n) is 5.79. The standard InChI is InChI=1S/C6H12F2O/c1-3-6(8,5-7)9-4-2/h3-5H2,1-2H3. The minimum atomic E-state index is -2.03. The quantitative estimate of drug-likeness (QED) is 0.577. The molecule has 0 amide bonds. The molecular formula is C6H12F2O. The Kier molecular flexibility index (Phi) is 3.70. The summed E-state index contributed by atoms with van der Waals surface area (Å²) in [5.41, 5.74) is 0. The van der Waals surface area contributed by atoms with Crippen LogP contribution in [0.2, 0.25) is 0 Å². The van der Waals surface area contributed by atoms with Gasteiger partial charge in [-0.15, -0.1) is 0 Å². The second-order valence-corrected chi connectivity index (χ2v) is 1.80. The van der Waals surface area contributed by atoms with E-state index in [0.717, 1.165) is 0 Å². The molecule has 1 unspecified atom stereocenters. The first-order chi connectivity index (χ1) is 4.18. The predicted octanol–water partition coefficient (Wildman–Crippen LogP) is 2.07. The van der Waals surface area contributed by atoms with E-state index >= 15 is 0 Å². The van der Waals surface area contributed by atoms with Gasteiger partial charge in [0.1, 0.15) is 6.67 Å². The summed E-state index contributed by atoms with van der Waals surface area (Å²) in [5.74, 6) is -2.03. The molecule has 0 aromatic heterocycles. The molecule has 0 saturated carbocycles. The third-order valence-corrected chi connectivity index (χ3v) is 1.13. The smallest absolute Gasteiger partial charge is 0.237 e. The Bertz CT molecular complexity index is 71.5. The Hall–Kier alpha value is -0.180. The monoisotopic (exact) mass is 138 g/mol. The summed E-state index contributed by atoms with van der Waals surface area (Å²) in [7, 11) is 0. The molecule has 0 aromatic carbocycles. The first-order valence-electron chi connectivity index (χ1n) is 3.07. The van der Waals surface area contributed by atoms with Crippen molar-refractivity contribution in [3.63, 3.8) is 0 Å². The summed E-state index contributed by atoms with van der Waals surface area (Å²) < 4.78 is 28.9. The third kappa shape index (κ3) is 2.75. The van der Waals surface area contributed by atoms with E-state index in [4.69, 9.17) is 0 Å². The highest BCUT2D eigenvalue weighted by Crippen LogP contribution is 2.17. The number of alkyl halides is 2. The van der Waals surface area contributed by atoms with Gasteiger partial charge in [-0.05, 0) is 6.92 Å². The number of halogens is 2. The van der Waals surface area contributed by atoms with E-state index in [2.05, 4.69) is 4.74 Å². The second-order valence-electron chi connectivity index (χ2n) is 1.80. The Morgan fingerprint density at radius 1 is 1.44 bits per heavy atom. The van der Waals surface area contributed by atoms with Crippen LogP contribution in [0.1, 0.15) is 20.3 Å². The molecule has 1 nitrogen and oxygen atoms in total. The van der Waals surface area contributed by atoms with Crippen molar-refractivity contribution in [3.8, 4) is 0 Å². The van der Waals surface area contributed by atoms with Crippen LogP contribution in [0.25, 0.3) is 0 Å². The molecule has 3 heteroatoms. The molecule has 0 N–H and O–H groups in total. The van der Waals surface area contributed by atoms with Crippen molar-refractivity contribution in [1.82, 2.24) is 0 Å². The summed E-state index contributed by atoms with van der Waals surface area (Å²) in [6, 6.07) is 0. The molecule has 0 spiro atoms. The van der Waals surface area contributed by atoms with Gasteiger partial charge in [0.25, 0.3) is 0 Å². The molecule has 0 aliphatic rings. The Morgan fingerprint density at radius 3 is 2.11 bits per heavy atom. The number of rotatable bonds is 4. The van der Waals surface area contributed by atoms with Crippen LogP contribution >= 0.6 is 0 Å². The van der Waals surface area contributed by atoms with Crippen molar-refractivity contribution in [3.05, 3.63) is 0 Å². The maximum absolute atomic E-state index is 12.7. The van der Waals surface area contributed by atoms with Crippen molar-refractivity contribution < 1.29 is 13.5 Å². The molecule has 0 radical (unpaired) electrons. The molecule has 0 saturated heterocycles. The highest BCUT2D eigenvalue weighted by atomic mass is 19.2. The van der Waals surface area contributed by atoms with Gasteiger partial charge in [0, 0.05) is 13.0 Å². The summed E-state index contributed by atoms with van der Waals surface area (Å²) in [6.07, 6.45) is 0.0668. The zero-order valence-corrected chi connectivity index (χ0v) is 5.79. The Labute approximate surface area is 54.0 Å². The van der Waals surface area contributed by atoms with E-state index in [9.17, 15) is 8.78 Å². The Balaban J connectivity index is 3.62. The van der Waals surface area contributed by atoms with Crippen LogP contribution in [0.4, 0.5) is 8.78 Å². The van der Waals surface area contributed by atoms with Crippen molar-refractivity contribution in [1.29, 1.82) is 0 Å². The van der Waals surface area contributed by atoms with Crippen molar-refractivity contribution in [2.75, 3.05) is 13.3 Å². The first-order valence-corrected chi connectivity index (χ1v) is 3.07. The van der Waals surface area contributed by atoms with Gasteiger partial charge in [0.05, 0.1) is 0 Å². The molecule has 0 heterocycles. The van der Waals surface area contributed by atoms with Crippen molar-refractivity contribution >= 4 is 0 Å². The molecule has 56 valence electrons. The van der Waals surface area contributed by atoms with Gasteiger partial charge < -0.3 is 4.74 Å². The molecule has 9 heavy (non-hydrogen) atoms. The van der Waals surface area contributed by atoms with E-state index in [1.165, 1.54) is 0 Å². The maximum Gasteiger partial charge on any atom is 0.237 e. The minimum absolute atomic E-state index is 0.0668. The van der Waals surface area contributed by atoms with Crippen LogP contribution < -0.4 is 0 Å². The van der Waals surface area contributed by atoms with E-state index in [1.54, 1.807) is 13.8 Å². The number of hydrogen-bond acceptors (Lipinski definition) is 1. The lowest BCUT2D eigenvalue weighted by atomic mass is 10.2. The average Bonchev–Trinajstić information content (AvgIpc) is 1.89. The topological polar surface area (TPSA) is 9.23 Å². The molecule has 0 aliphatic carbocycles. The SMILES string of the molecule is CCOC(F)(CC)CF. The normalized spacial score (nSPS) is 17.3. The van der Waals surface area contributed by atoms with Gasteiger partial charge in [-0.25, -0.2) is 8.78 Å². The van der Waals surface area contributed by atoms with Crippen LogP contribution in [0.15, 0.2) is 0 Å². The summed E-state index contributed by atoms with van der Waals surface area (Å²) in [5, 5.41) is 0. The molecule has 0 aromatic rings. The number of ether oxygens (including phenoxy) is 1. The van der Waals surface area contributed by atoms with E-state index in [-0.39, 0.29) is 13.0 Å². The van der Waals surface area contributed by atoms with E-state index in [0.29, 0.717) is 0 Å². The predicted molar refractivity (Wildman–Crippen MR) is 31.7 cm³/mol. The fourth-order valence-corrected chi connectivity index (χ4v) is 0.494. The zero-order chi connectivity index (χ0) is 7.33. The third-order valence-electron chi connectivity index (χ3n) is 1.13. The lowest BCUT2D eigenvalue weighted by Crippen LogP contribution is -2.28. The van der Waals surface area contributed by atoms with Gasteiger partial charge >= 0.3 is 0 Å². The molecule has 0 fully saturated rings. The summed E-state index contributed by atoms with van der Waals surface area (Å²) in [6.45, 7) is 2.35.